The SMILES string of the molecule is CC1(CN2C(=O)SC(=Cc3ccc(Br)cc3)C2=O)CCCCC1. The number of amides is 2. The van der Waals surface area contributed by atoms with Gasteiger partial charge in [-0.2, -0.15) is 0 Å². The Bertz CT molecular complexity index is 647. The van der Waals surface area contributed by atoms with E-state index in [1.807, 2.05) is 24.3 Å². The Kier molecular flexibility index (Phi) is 4.97. The van der Waals surface area contributed by atoms with Crippen molar-refractivity contribution in [2.75, 3.05) is 6.54 Å². The third-order valence-corrected chi connectivity index (χ3v) is 6.08. The normalized spacial score (nSPS) is 22.9. The van der Waals surface area contributed by atoms with Gasteiger partial charge in [0.15, 0.2) is 0 Å². The first-order valence-corrected chi connectivity index (χ1v) is 9.59. The molecule has 0 spiro atoms. The Morgan fingerprint density at radius 3 is 2.48 bits per heavy atom. The van der Waals surface area contributed by atoms with Gasteiger partial charge in [-0.05, 0) is 53.8 Å². The average molecular weight is 394 g/mol. The van der Waals surface area contributed by atoms with E-state index < -0.39 is 0 Å². The molecular formula is C18H20BrNO2S. The number of rotatable bonds is 3. The van der Waals surface area contributed by atoms with Crippen LogP contribution in [0.3, 0.4) is 0 Å². The second kappa shape index (κ2) is 6.81. The molecule has 1 heterocycles. The molecule has 0 unspecified atom stereocenters. The molecule has 0 aromatic heterocycles. The average Bonchev–Trinajstić information content (AvgIpc) is 2.78. The lowest BCUT2D eigenvalue weighted by atomic mass is 9.75. The van der Waals surface area contributed by atoms with Crippen molar-refractivity contribution >= 4 is 44.9 Å². The lowest BCUT2D eigenvalue weighted by Gasteiger charge is -2.35. The maximum Gasteiger partial charge on any atom is 0.293 e. The van der Waals surface area contributed by atoms with Crippen LogP contribution in [0.1, 0.15) is 44.6 Å². The molecule has 2 amide bonds. The third kappa shape index (κ3) is 3.89. The molecule has 3 nitrogen and oxygen atoms in total. The predicted octanol–water partition coefficient (Wildman–Crippen LogP) is 5.46. The van der Waals surface area contributed by atoms with Crippen molar-refractivity contribution in [1.82, 2.24) is 4.90 Å². The minimum Gasteiger partial charge on any atom is -0.268 e. The third-order valence-electron chi connectivity index (χ3n) is 4.64. The highest BCUT2D eigenvalue weighted by Gasteiger charge is 2.40. The first-order chi connectivity index (χ1) is 11.0. The monoisotopic (exact) mass is 393 g/mol. The minimum absolute atomic E-state index is 0.0805. The molecule has 0 bridgehead atoms. The van der Waals surface area contributed by atoms with E-state index in [1.165, 1.54) is 24.2 Å². The van der Waals surface area contributed by atoms with Crippen LogP contribution in [0, 0.1) is 5.41 Å². The number of hydrogen-bond donors (Lipinski definition) is 0. The number of halogens is 1. The van der Waals surface area contributed by atoms with Crippen LogP contribution in [-0.2, 0) is 4.79 Å². The maximum absolute atomic E-state index is 12.6. The topological polar surface area (TPSA) is 37.4 Å². The van der Waals surface area contributed by atoms with Gasteiger partial charge in [0.2, 0.25) is 0 Å². The van der Waals surface area contributed by atoms with Gasteiger partial charge < -0.3 is 0 Å². The number of imide groups is 1. The van der Waals surface area contributed by atoms with E-state index >= 15 is 0 Å². The van der Waals surface area contributed by atoms with Crippen molar-refractivity contribution in [3.8, 4) is 0 Å². The summed E-state index contributed by atoms with van der Waals surface area (Å²) in [4.78, 5) is 26.9. The molecule has 1 aromatic rings. The van der Waals surface area contributed by atoms with Crippen molar-refractivity contribution in [1.29, 1.82) is 0 Å². The van der Waals surface area contributed by atoms with Gasteiger partial charge in [-0.3, -0.25) is 14.5 Å². The largest absolute Gasteiger partial charge is 0.293 e. The van der Waals surface area contributed by atoms with Crippen LogP contribution in [0.5, 0.6) is 0 Å². The summed E-state index contributed by atoms with van der Waals surface area (Å²) in [5.74, 6) is -0.144. The number of carbonyl (C=O) groups excluding carboxylic acids is 2. The van der Waals surface area contributed by atoms with Crippen molar-refractivity contribution in [3.05, 3.63) is 39.2 Å². The van der Waals surface area contributed by atoms with Crippen LogP contribution in [0.2, 0.25) is 0 Å². The lowest BCUT2D eigenvalue weighted by molar-refractivity contribution is -0.124. The Balaban J connectivity index is 1.75. The first kappa shape index (κ1) is 16.8. The number of carbonyl (C=O) groups is 2. The van der Waals surface area contributed by atoms with E-state index in [1.54, 1.807) is 6.08 Å². The molecule has 5 heteroatoms. The Labute approximate surface area is 149 Å². The zero-order valence-corrected chi connectivity index (χ0v) is 15.6. The van der Waals surface area contributed by atoms with Crippen molar-refractivity contribution < 1.29 is 9.59 Å². The number of thioether (sulfide) groups is 1. The Hall–Kier alpha value is -1.07. The minimum atomic E-state index is -0.144. The zero-order valence-electron chi connectivity index (χ0n) is 13.2. The van der Waals surface area contributed by atoms with Gasteiger partial charge >= 0.3 is 0 Å². The van der Waals surface area contributed by atoms with Crippen molar-refractivity contribution in [2.45, 2.75) is 39.0 Å². The van der Waals surface area contributed by atoms with Gasteiger partial charge in [0.05, 0.1) is 4.91 Å². The molecule has 1 saturated carbocycles. The van der Waals surface area contributed by atoms with Crippen LogP contribution < -0.4 is 0 Å². The van der Waals surface area contributed by atoms with E-state index in [0.29, 0.717) is 11.4 Å². The summed E-state index contributed by atoms with van der Waals surface area (Å²) in [6, 6.07) is 7.72. The summed E-state index contributed by atoms with van der Waals surface area (Å²) in [6.07, 6.45) is 7.66. The second-order valence-electron chi connectivity index (χ2n) is 6.69. The lowest BCUT2D eigenvalue weighted by Crippen LogP contribution is -2.39. The Morgan fingerprint density at radius 2 is 1.83 bits per heavy atom. The molecule has 122 valence electrons. The molecule has 3 rings (SSSR count). The summed E-state index contributed by atoms with van der Waals surface area (Å²) in [6.45, 7) is 2.75. The van der Waals surface area contributed by atoms with E-state index in [9.17, 15) is 9.59 Å². The summed E-state index contributed by atoms with van der Waals surface area (Å²) < 4.78 is 0.993. The molecule has 1 aliphatic heterocycles. The highest BCUT2D eigenvalue weighted by atomic mass is 79.9. The Morgan fingerprint density at radius 1 is 1.17 bits per heavy atom. The van der Waals surface area contributed by atoms with E-state index in [2.05, 4.69) is 22.9 Å². The predicted molar refractivity (Wildman–Crippen MR) is 98.0 cm³/mol. The van der Waals surface area contributed by atoms with Crippen molar-refractivity contribution in [2.24, 2.45) is 5.41 Å². The van der Waals surface area contributed by atoms with Crippen LogP contribution in [-0.4, -0.2) is 22.6 Å². The van der Waals surface area contributed by atoms with Gasteiger partial charge in [-0.25, -0.2) is 0 Å². The van der Waals surface area contributed by atoms with Gasteiger partial charge in [-0.15, -0.1) is 0 Å². The molecule has 0 atom stereocenters. The second-order valence-corrected chi connectivity index (χ2v) is 8.60. The van der Waals surface area contributed by atoms with E-state index in [-0.39, 0.29) is 16.6 Å². The number of hydrogen-bond acceptors (Lipinski definition) is 3. The van der Waals surface area contributed by atoms with Crippen LogP contribution >= 0.6 is 27.7 Å². The summed E-state index contributed by atoms with van der Waals surface area (Å²) in [5.41, 5.74) is 1.01. The summed E-state index contributed by atoms with van der Waals surface area (Å²) >= 11 is 4.45. The molecular weight excluding hydrogens is 374 g/mol. The maximum atomic E-state index is 12.6. The van der Waals surface area contributed by atoms with Crippen molar-refractivity contribution in [3.63, 3.8) is 0 Å². The van der Waals surface area contributed by atoms with Gasteiger partial charge in [0, 0.05) is 11.0 Å². The fraction of sp³-hybridized carbons (Fsp3) is 0.444. The highest BCUT2D eigenvalue weighted by molar-refractivity contribution is 9.10. The summed E-state index contributed by atoms with van der Waals surface area (Å²) in [7, 11) is 0. The summed E-state index contributed by atoms with van der Waals surface area (Å²) in [5, 5.41) is -0.134. The van der Waals surface area contributed by atoms with Gasteiger partial charge in [0.1, 0.15) is 0 Å². The molecule has 2 fully saturated rings. The number of benzene rings is 1. The smallest absolute Gasteiger partial charge is 0.268 e. The molecule has 0 N–H and O–H groups in total. The fourth-order valence-electron chi connectivity index (χ4n) is 3.29. The molecule has 1 saturated heterocycles. The van der Waals surface area contributed by atoms with Crippen LogP contribution in [0.4, 0.5) is 4.79 Å². The number of nitrogens with zero attached hydrogens (tertiary/aromatic N) is 1. The molecule has 1 aliphatic carbocycles. The van der Waals surface area contributed by atoms with Crippen LogP contribution in [0.15, 0.2) is 33.6 Å². The highest BCUT2D eigenvalue weighted by Crippen LogP contribution is 2.40. The van der Waals surface area contributed by atoms with Gasteiger partial charge in [-0.1, -0.05) is 54.2 Å². The zero-order chi connectivity index (χ0) is 16.4. The quantitative estimate of drug-likeness (QED) is 0.640. The first-order valence-electron chi connectivity index (χ1n) is 7.98. The van der Waals surface area contributed by atoms with E-state index in [0.717, 1.165) is 34.6 Å². The molecule has 23 heavy (non-hydrogen) atoms. The molecule has 0 radical (unpaired) electrons. The standard InChI is InChI=1S/C18H20BrNO2S/c1-18(9-3-2-4-10-18)12-20-16(21)15(23-17(20)22)11-13-5-7-14(19)8-6-13/h5-8,11H,2-4,9-10,12H2,1H3. The molecule has 2 aliphatic rings. The van der Waals surface area contributed by atoms with Gasteiger partial charge in [0.25, 0.3) is 11.1 Å². The molecule has 1 aromatic carbocycles. The van der Waals surface area contributed by atoms with Crippen LogP contribution in [0.25, 0.3) is 6.08 Å². The van der Waals surface area contributed by atoms with E-state index in [4.69, 9.17) is 0 Å². The fourth-order valence-corrected chi connectivity index (χ4v) is 4.39.